The molecule has 1 fully saturated rings. The summed E-state index contributed by atoms with van der Waals surface area (Å²) >= 11 is 0. The number of ether oxygens (including phenoxy) is 1. The maximum Gasteiger partial charge on any atom is 0.230 e. The lowest BCUT2D eigenvalue weighted by Crippen LogP contribution is -2.29. The fourth-order valence-corrected chi connectivity index (χ4v) is 3.14. The van der Waals surface area contributed by atoms with Crippen LogP contribution in [0.25, 0.3) is 0 Å². The van der Waals surface area contributed by atoms with Gasteiger partial charge >= 0.3 is 0 Å². The van der Waals surface area contributed by atoms with Crippen LogP contribution in [0, 0.1) is 5.92 Å². The van der Waals surface area contributed by atoms with E-state index in [1.165, 1.54) is 11.1 Å². The van der Waals surface area contributed by atoms with E-state index in [0.717, 1.165) is 38.0 Å². The Morgan fingerprint density at radius 2 is 2.35 bits per heavy atom. The van der Waals surface area contributed by atoms with Gasteiger partial charge in [-0.1, -0.05) is 13.0 Å². The predicted octanol–water partition coefficient (Wildman–Crippen LogP) is 2.09. The molecule has 2 heterocycles. The standard InChI is InChI=1S/C16H22N2O2/c1-2-15-14(6-8-20-15)16(19)18-13-4-3-11-5-7-17-10-12(11)9-13/h3-4,9,14-15,17H,2,5-8,10H2,1H3,(H,18,19). The van der Waals surface area contributed by atoms with E-state index in [-0.39, 0.29) is 17.9 Å². The third-order valence-corrected chi connectivity index (χ3v) is 4.31. The molecule has 1 aromatic carbocycles. The number of fused-ring (bicyclic) bond motifs is 1. The number of benzene rings is 1. The normalized spacial score (nSPS) is 25.2. The Kier molecular flexibility index (Phi) is 4.03. The summed E-state index contributed by atoms with van der Waals surface area (Å²) in [6.07, 6.45) is 2.87. The van der Waals surface area contributed by atoms with Gasteiger partial charge in [0.2, 0.25) is 5.91 Å². The van der Waals surface area contributed by atoms with Gasteiger partial charge < -0.3 is 15.4 Å². The van der Waals surface area contributed by atoms with E-state index in [4.69, 9.17) is 4.74 Å². The number of nitrogens with one attached hydrogen (secondary N) is 2. The molecular weight excluding hydrogens is 252 g/mol. The van der Waals surface area contributed by atoms with Crippen LogP contribution in [0.5, 0.6) is 0 Å². The average molecular weight is 274 g/mol. The summed E-state index contributed by atoms with van der Waals surface area (Å²) in [5, 5.41) is 6.41. The number of hydrogen-bond donors (Lipinski definition) is 2. The van der Waals surface area contributed by atoms with E-state index in [2.05, 4.69) is 29.7 Å². The second-order valence-corrected chi connectivity index (χ2v) is 5.61. The Balaban J connectivity index is 1.69. The molecule has 0 radical (unpaired) electrons. The van der Waals surface area contributed by atoms with Gasteiger partial charge in [-0.15, -0.1) is 0 Å². The van der Waals surface area contributed by atoms with Crippen molar-refractivity contribution < 1.29 is 9.53 Å². The smallest absolute Gasteiger partial charge is 0.230 e. The van der Waals surface area contributed by atoms with Crippen LogP contribution in [0.1, 0.15) is 30.9 Å². The zero-order chi connectivity index (χ0) is 13.9. The molecule has 2 atom stereocenters. The first-order valence-electron chi connectivity index (χ1n) is 7.53. The number of hydrogen-bond acceptors (Lipinski definition) is 3. The Hall–Kier alpha value is -1.39. The molecule has 3 rings (SSSR count). The second-order valence-electron chi connectivity index (χ2n) is 5.61. The number of amides is 1. The molecule has 1 saturated heterocycles. The van der Waals surface area contributed by atoms with Crippen LogP contribution in [0.4, 0.5) is 5.69 Å². The molecule has 2 unspecified atom stereocenters. The Bertz CT molecular complexity index is 501. The van der Waals surface area contributed by atoms with Crippen molar-refractivity contribution >= 4 is 11.6 Å². The Morgan fingerprint density at radius 3 is 3.20 bits per heavy atom. The lowest BCUT2D eigenvalue weighted by Gasteiger charge is -2.20. The summed E-state index contributed by atoms with van der Waals surface area (Å²) in [5.74, 6) is 0.0900. The minimum Gasteiger partial charge on any atom is -0.377 e. The van der Waals surface area contributed by atoms with Crippen molar-refractivity contribution in [3.63, 3.8) is 0 Å². The highest BCUT2D eigenvalue weighted by Gasteiger charge is 2.32. The van der Waals surface area contributed by atoms with Gasteiger partial charge in [0, 0.05) is 18.8 Å². The summed E-state index contributed by atoms with van der Waals surface area (Å²) < 4.78 is 5.59. The Labute approximate surface area is 119 Å². The third-order valence-electron chi connectivity index (χ3n) is 4.31. The zero-order valence-electron chi connectivity index (χ0n) is 11.9. The van der Waals surface area contributed by atoms with Crippen LogP contribution in [0.15, 0.2) is 18.2 Å². The summed E-state index contributed by atoms with van der Waals surface area (Å²) in [6.45, 7) is 4.70. The van der Waals surface area contributed by atoms with Gasteiger partial charge in [-0.25, -0.2) is 0 Å². The van der Waals surface area contributed by atoms with Crippen LogP contribution in [0.3, 0.4) is 0 Å². The average Bonchev–Trinajstić information content (AvgIpc) is 2.95. The maximum atomic E-state index is 12.3. The molecule has 1 aromatic rings. The molecule has 0 spiro atoms. The monoisotopic (exact) mass is 274 g/mol. The molecule has 20 heavy (non-hydrogen) atoms. The number of carbonyl (C=O) groups excluding carboxylic acids is 1. The maximum absolute atomic E-state index is 12.3. The van der Waals surface area contributed by atoms with Gasteiger partial charge in [0.05, 0.1) is 12.0 Å². The quantitative estimate of drug-likeness (QED) is 0.887. The van der Waals surface area contributed by atoms with Gasteiger partial charge in [-0.2, -0.15) is 0 Å². The van der Waals surface area contributed by atoms with Crippen LogP contribution in [-0.4, -0.2) is 25.2 Å². The molecular formula is C16H22N2O2. The minimum absolute atomic E-state index is 0.00541. The largest absolute Gasteiger partial charge is 0.377 e. The molecule has 4 nitrogen and oxygen atoms in total. The van der Waals surface area contributed by atoms with E-state index < -0.39 is 0 Å². The Morgan fingerprint density at radius 1 is 1.45 bits per heavy atom. The SMILES string of the molecule is CCC1OCCC1C(=O)Nc1ccc2c(c1)CNCC2. The summed E-state index contributed by atoms with van der Waals surface area (Å²) in [5.41, 5.74) is 3.58. The van der Waals surface area contributed by atoms with Crippen molar-refractivity contribution in [1.29, 1.82) is 0 Å². The molecule has 2 aliphatic heterocycles. The van der Waals surface area contributed by atoms with Crippen molar-refractivity contribution in [2.45, 2.75) is 38.8 Å². The molecule has 0 aliphatic carbocycles. The second kappa shape index (κ2) is 5.94. The highest BCUT2D eigenvalue weighted by atomic mass is 16.5. The number of anilines is 1. The number of carbonyl (C=O) groups is 1. The first kappa shape index (κ1) is 13.6. The molecule has 1 amide bonds. The van der Waals surface area contributed by atoms with Crippen molar-refractivity contribution in [3.8, 4) is 0 Å². The van der Waals surface area contributed by atoms with E-state index in [1.54, 1.807) is 0 Å². The first-order valence-corrected chi connectivity index (χ1v) is 7.53. The molecule has 0 bridgehead atoms. The van der Waals surface area contributed by atoms with Gasteiger partial charge in [-0.3, -0.25) is 4.79 Å². The molecule has 4 heteroatoms. The van der Waals surface area contributed by atoms with Gasteiger partial charge in [0.25, 0.3) is 0 Å². The zero-order valence-corrected chi connectivity index (χ0v) is 11.9. The third kappa shape index (κ3) is 2.72. The molecule has 108 valence electrons. The highest BCUT2D eigenvalue weighted by Crippen LogP contribution is 2.26. The van der Waals surface area contributed by atoms with Crippen molar-refractivity contribution in [3.05, 3.63) is 29.3 Å². The van der Waals surface area contributed by atoms with E-state index >= 15 is 0 Å². The fraction of sp³-hybridized carbons (Fsp3) is 0.562. The van der Waals surface area contributed by atoms with Crippen molar-refractivity contribution in [2.24, 2.45) is 5.92 Å². The molecule has 0 aromatic heterocycles. The fourth-order valence-electron chi connectivity index (χ4n) is 3.14. The summed E-state index contributed by atoms with van der Waals surface area (Å²) in [6, 6.07) is 6.24. The molecule has 2 aliphatic rings. The highest BCUT2D eigenvalue weighted by molar-refractivity contribution is 5.93. The van der Waals surface area contributed by atoms with Crippen LogP contribution in [-0.2, 0) is 22.5 Å². The van der Waals surface area contributed by atoms with E-state index in [9.17, 15) is 4.79 Å². The van der Waals surface area contributed by atoms with E-state index in [0.29, 0.717) is 6.61 Å². The van der Waals surface area contributed by atoms with Gasteiger partial charge in [0.15, 0.2) is 0 Å². The van der Waals surface area contributed by atoms with Crippen LogP contribution in [0.2, 0.25) is 0 Å². The predicted molar refractivity (Wildman–Crippen MR) is 78.6 cm³/mol. The minimum atomic E-state index is -0.00541. The van der Waals surface area contributed by atoms with Crippen molar-refractivity contribution in [2.75, 3.05) is 18.5 Å². The molecule has 0 saturated carbocycles. The summed E-state index contributed by atoms with van der Waals surface area (Å²) in [4.78, 5) is 12.3. The van der Waals surface area contributed by atoms with Crippen molar-refractivity contribution in [1.82, 2.24) is 5.32 Å². The topological polar surface area (TPSA) is 50.4 Å². The molecule has 2 N–H and O–H groups in total. The lowest BCUT2D eigenvalue weighted by molar-refractivity contribution is -0.121. The summed E-state index contributed by atoms with van der Waals surface area (Å²) in [7, 11) is 0. The van der Waals surface area contributed by atoms with Gasteiger partial charge in [-0.05, 0) is 49.1 Å². The van der Waals surface area contributed by atoms with Gasteiger partial charge in [0.1, 0.15) is 0 Å². The van der Waals surface area contributed by atoms with Crippen LogP contribution < -0.4 is 10.6 Å². The first-order chi connectivity index (χ1) is 9.78. The van der Waals surface area contributed by atoms with E-state index in [1.807, 2.05) is 6.07 Å². The lowest BCUT2D eigenvalue weighted by atomic mass is 9.97. The van der Waals surface area contributed by atoms with Crippen LogP contribution >= 0.6 is 0 Å². The number of rotatable bonds is 3.